The first-order valence-electron chi connectivity index (χ1n) is 17.5. The van der Waals surface area contributed by atoms with Crippen molar-refractivity contribution in [3.63, 3.8) is 0 Å². The smallest absolute Gasteiger partial charge is 0.167 e. The van der Waals surface area contributed by atoms with Crippen LogP contribution < -0.4 is 76.5 Å². The molecule has 0 aliphatic carbocycles. The molecule has 0 saturated heterocycles. The lowest BCUT2D eigenvalue weighted by Crippen LogP contribution is -2.49. The molecule has 0 unspecified atom stereocenters. The third-order valence-electron chi connectivity index (χ3n) is 10.7. The number of hydrogen-bond acceptors (Lipinski definition) is 4. The Balaban J connectivity index is 1.44. The molecule has 6 aromatic carbocycles. The summed E-state index contributed by atoms with van der Waals surface area (Å²) >= 11 is 0. The fourth-order valence-electron chi connectivity index (χ4n) is 7.68. The van der Waals surface area contributed by atoms with E-state index >= 15 is 0 Å². The standard InChI is InChI=1S/C39H10B14N4O/c40-18-13-14-19(41)25(47)27(49)30(52)33(14)57(32(13)29(51)26(48)24(18)46)34-28(50)21(43)16-15-20(42)23(45)22(44)17(35(15)58-36(16)31(34)53)39-55-37(11-7-3-1-4-8-11)54-38(56-39)12-9-5-2-6-10-12/h1-10H. The van der Waals surface area contributed by atoms with Crippen LogP contribution in [-0.4, -0.2) is 129 Å². The zero-order valence-electron chi connectivity index (χ0n) is 30.6. The average Bonchev–Trinajstić information content (AvgIpc) is 3.80. The summed E-state index contributed by atoms with van der Waals surface area (Å²) in [5.74, 6) is 0.837. The highest BCUT2D eigenvalue weighted by molar-refractivity contribution is 6.72. The molecule has 0 amide bonds. The zero-order chi connectivity index (χ0) is 41.2. The van der Waals surface area contributed by atoms with Gasteiger partial charge in [-0.3, -0.25) is 0 Å². The largest absolute Gasteiger partial charge is 0.456 e. The molecule has 3 aromatic heterocycles. The summed E-state index contributed by atoms with van der Waals surface area (Å²) in [5.41, 5.74) is 2.28. The summed E-state index contributed by atoms with van der Waals surface area (Å²) < 4.78 is 8.19. The molecule has 28 radical (unpaired) electrons. The lowest BCUT2D eigenvalue weighted by Gasteiger charge is -2.22. The van der Waals surface area contributed by atoms with Crippen molar-refractivity contribution in [2.24, 2.45) is 0 Å². The Bertz CT molecular complexity index is 3140. The summed E-state index contributed by atoms with van der Waals surface area (Å²) in [6, 6.07) is 18.7. The monoisotopic (exact) mass is 704 g/mol. The van der Waals surface area contributed by atoms with Crippen LogP contribution in [0.2, 0.25) is 0 Å². The normalized spacial score (nSPS) is 11.7. The van der Waals surface area contributed by atoms with Crippen molar-refractivity contribution >= 4 is 230 Å². The molecule has 0 atom stereocenters. The Kier molecular flexibility index (Phi) is 9.07. The Morgan fingerprint density at radius 1 is 0.345 bits per heavy atom. The molecule has 58 heavy (non-hydrogen) atoms. The summed E-state index contributed by atoms with van der Waals surface area (Å²) in [4.78, 5) is 14.5. The molecule has 0 aliphatic rings. The van der Waals surface area contributed by atoms with Gasteiger partial charge in [0.15, 0.2) is 17.5 Å². The summed E-state index contributed by atoms with van der Waals surface area (Å²) in [5, 5.41) is 1.02. The Hall–Kier alpha value is -5.16. The van der Waals surface area contributed by atoms with Crippen molar-refractivity contribution in [2.75, 3.05) is 0 Å². The molecule has 0 N–H and O–H groups in total. The Labute approximate surface area is 352 Å². The SMILES string of the molecule is [B]c1c([B])c([B])c2c(oc3c([B])c(-n4c5c([B])c([B])c([B])c([B])c5c5c([B])c([B])c([B])c([B])c54)c([B])c([B])c32)c1-c1nc(-c2ccccc2)nc(-c2ccccc2)n1. The van der Waals surface area contributed by atoms with E-state index in [0.29, 0.717) is 22.8 Å². The molecule has 9 rings (SSSR count). The average molecular weight is 702 g/mol. The maximum Gasteiger partial charge on any atom is 0.167 e. The molecule has 0 spiro atoms. The zero-order valence-corrected chi connectivity index (χ0v) is 30.6. The van der Waals surface area contributed by atoms with Crippen LogP contribution in [0.15, 0.2) is 65.1 Å². The molecule has 0 saturated carbocycles. The van der Waals surface area contributed by atoms with E-state index in [1.54, 1.807) is 0 Å². The van der Waals surface area contributed by atoms with Gasteiger partial charge in [0, 0.05) is 38.6 Å². The molecular formula is C39H10B14N4O. The number of benzene rings is 6. The van der Waals surface area contributed by atoms with Crippen LogP contribution in [0.1, 0.15) is 0 Å². The van der Waals surface area contributed by atoms with Gasteiger partial charge in [0.05, 0.1) is 5.56 Å². The van der Waals surface area contributed by atoms with Crippen molar-refractivity contribution in [3.05, 3.63) is 60.7 Å². The van der Waals surface area contributed by atoms with Crippen LogP contribution in [0.4, 0.5) is 0 Å². The van der Waals surface area contributed by atoms with Crippen molar-refractivity contribution in [3.8, 4) is 39.9 Å². The van der Waals surface area contributed by atoms with Crippen molar-refractivity contribution in [1.29, 1.82) is 0 Å². The first-order valence-corrected chi connectivity index (χ1v) is 17.5. The van der Waals surface area contributed by atoms with Crippen molar-refractivity contribution in [1.82, 2.24) is 19.5 Å². The third kappa shape index (κ3) is 5.27. The van der Waals surface area contributed by atoms with E-state index in [1.165, 1.54) is 4.57 Å². The van der Waals surface area contributed by atoms with Gasteiger partial charge in [-0.05, 0) is 16.2 Å². The predicted octanol–water partition coefficient (Wildman–Crippen LogP) is -7.02. The van der Waals surface area contributed by atoms with Gasteiger partial charge in [0.25, 0.3) is 0 Å². The van der Waals surface area contributed by atoms with Gasteiger partial charge in [-0.1, -0.05) is 104 Å². The van der Waals surface area contributed by atoms with Gasteiger partial charge in [-0.15, -0.1) is 27.3 Å². The number of rotatable bonds is 4. The van der Waals surface area contributed by atoms with Crippen LogP contribution >= 0.6 is 0 Å². The number of fused-ring (bicyclic) bond motifs is 6. The molecule has 9 aromatic rings. The van der Waals surface area contributed by atoms with E-state index < -0.39 is 0 Å². The lowest BCUT2D eigenvalue weighted by atomic mass is 9.63. The second-order valence-corrected chi connectivity index (χ2v) is 13.8. The molecule has 0 bridgehead atoms. The second kappa shape index (κ2) is 13.7. The van der Waals surface area contributed by atoms with Crippen LogP contribution in [-0.2, 0) is 0 Å². The molecule has 19 heteroatoms. The van der Waals surface area contributed by atoms with Gasteiger partial charge in [0.1, 0.15) is 121 Å². The van der Waals surface area contributed by atoms with Crippen LogP contribution in [0, 0.1) is 0 Å². The highest BCUT2D eigenvalue weighted by Gasteiger charge is 2.29. The van der Waals surface area contributed by atoms with Crippen LogP contribution in [0.5, 0.6) is 0 Å². The van der Waals surface area contributed by atoms with Gasteiger partial charge < -0.3 is 8.98 Å². The van der Waals surface area contributed by atoms with Crippen LogP contribution in [0.25, 0.3) is 83.6 Å². The summed E-state index contributed by atoms with van der Waals surface area (Å²) in [7, 11) is 93.3. The van der Waals surface area contributed by atoms with E-state index in [9.17, 15) is 0 Å². The number of aromatic nitrogens is 4. The van der Waals surface area contributed by atoms with E-state index in [0.717, 1.165) is 0 Å². The van der Waals surface area contributed by atoms with Gasteiger partial charge >= 0.3 is 0 Å². The predicted molar refractivity (Wildman–Crippen MR) is 253 cm³/mol. The summed E-state index contributed by atoms with van der Waals surface area (Å²) in [6.07, 6.45) is 0. The maximum atomic E-state index is 7.10. The summed E-state index contributed by atoms with van der Waals surface area (Å²) in [6.45, 7) is 0. The van der Waals surface area contributed by atoms with Gasteiger partial charge in [0.2, 0.25) is 0 Å². The second-order valence-electron chi connectivity index (χ2n) is 13.8. The minimum Gasteiger partial charge on any atom is -0.456 e. The number of nitrogens with zero attached hydrogens (tertiary/aromatic N) is 4. The Morgan fingerprint density at radius 2 is 0.724 bits per heavy atom. The van der Waals surface area contributed by atoms with E-state index in [1.807, 2.05) is 60.7 Å². The highest BCUT2D eigenvalue weighted by atomic mass is 16.3. The topological polar surface area (TPSA) is 56.7 Å². The van der Waals surface area contributed by atoms with Crippen molar-refractivity contribution in [2.45, 2.75) is 0 Å². The van der Waals surface area contributed by atoms with Gasteiger partial charge in [-0.25, -0.2) is 15.0 Å². The number of furan rings is 1. The fraction of sp³-hybridized carbons (Fsp3) is 0. The number of hydrogen-bond donors (Lipinski definition) is 0. The molecular weight excluding hydrogens is 692 g/mol. The van der Waals surface area contributed by atoms with E-state index in [-0.39, 0.29) is 137 Å². The minimum absolute atomic E-state index is 0.00118. The quantitative estimate of drug-likeness (QED) is 0.172. The molecule has 0 fully saturated rings. The Morgan fingerprint density at radius 3 is 1.21 bits per heavy atom. The maximum absolute atomic E-state index is 7.10. The van der Waals surface area contributed by atoms with Gasteiger partial charge in [-0.2, -0.15) is 0 Å². The van der Waals surface area contributed by atoms with Crippen molar-refractivity contribution < 1.29 is 4.42 Å². The minimum atomic E-state index is -0.0533. The first kappa shape index (κ1) is 38.4. The highest BCUT2D eigenvalue weighted by Crippen LogP contribution is 2.34. The van der Waals surface area contributed by atoms with Crippen LogP contribution in [0.3, 0.4) is 0 Å². The van der Waals surface area contributed by atoms with E-state index in [4.69, 9.17) is 129 Å². The van der Waals surface area contributed by atoms with E-state index in [2.05, 4.69) is 0 Å². The molecule has 5 nitrogen and oxygen atoms in total. The third-order valence-corrected chi connectivity index (χ3v) is 10.7. The molecule has 234 valence electrons. The first-order chi connectivity index (χ1) is 27.6. The lowest BCUT2D eigenvalue weighted by molar-refractivity contribution is 0.672. The fourth-order valence-corrected chi connectivity index (χ4v) is 7.68. The molecule has 3 heterocycles. The molecule has 0 aliphatic heterocycles.